The fourth-order valence-corrected chi connectivity index (χ4v) is 8.30. The summed E-state index contributed by atoms with van der Waals surface area (Å²) in [4.78, 5) is 50.8. The number of likely N-dealkylation sites (N-methyl/N-ethyl adjacent to an activating group) is 1. The fourth-order valence-electron chi connectivity index (χ4n) is 7.57. The molecule has 0 saturated carbocycles. The molecule has 0 N–H and O–H groups in total. The van der Waals surface area contributed by atoms with Crippen molar-refractivity contribution in [2.24, 2.45) is 0 Å². The first-order chi connectivity index (χ1) is 28.1. The van der Waals surface area contributed by atoms with E-state index in [9.17, 15) is 24.6 Å². The van der Waals surface area contributed by atoms with Crippen LogP contribution in [0.4, 0.5) is 0 Å². The van der Waals surface area contributed by atoms with Gasteiger partial charge < -0.3 is 33.9 Å². The third-order valence-corrected chi connectivity index (χ3v) is 12.3. The molecule has 1 aliphatic rings. The Morgan fingerprint density at radius 1 is 0.661 bits per heavy atom. The van der Waals surface area contributed by atoms with Gasteiger partial charge in [0.1, 0.15) is 32.1 Å². The standard InChI is InChI=1S/C46H90N2O10P/c1-8-10-12-14-16-18-20-21-22-24-26-28-30-33-43(49)54-39-42(40-57-59(52,53)56-38-37-48(5,6)7)58-44(50)34-32-36-46(47(51)45(3,4)41-55-46)35-31-29-27-25-23-19-17-15-13-11-9-2/h42H,8-41H2,1-7H3/t42-,46?/m1/s1. The summed E-state index contributed by atoms with van der Waals surface area (Å²) in [6.07, 6.45) is 29.3. The number of carbonyl (C=O) groups is 2. The number of carbonyl (C=O) groups excluding carboxylic acids is 2. The number of ether oxygens (including phenoxy) is 3. The summed E-state index contributed by atoms with van der Waals surface area (Å²) in [5, 5.41) is 14.6. The highest BCUT2D eigenvalue weighted by Crippen LogP contribution is 2.49. The monoisotopic (exact) mass is 862 g/mol. The highest BCUT2D eigenvalue weighted by molar-refractivity contribution is 7.52. The third-order valence-electron chi connectivity index (χ3n) is 11.4. The van der Waals surface area contributed by atoms with E-state index < -0.39 is 44.1 Å². The molecule has 13 heteroatoms. The molecule has 0 spiro atoms. The van der Waals surface area contributed by atoms with Gasteiger partial charge in [-0.2, -0.15) is 9.05 Å². The minimum Gasteiger partial charge on any atom is -0.783 e. The molecule has 2 atom stereocenters. The van der Waals surface area contributed by atoms with E-state index >= 15 is 0 Å². The second kappa shape index (κ2) is 32.7. The van der Waals surface area contributed by atoms with E-state index in [2.05, 4.69) is 13.8 Å². The number of esters is 2. The zero-order valence-corrected chi connectivity index (χ0v) is 39.9. The van der Waals surface area contributed by atoms with Crippen LogP contribution < -0.4 is 4.89 Å². The SMILES string of the molecule is CCCCCCCCCCCCCCCC(=O)OC[C@H](CO[P+]([O])([O-])OCC[N+](C)(C)C)OC(=O)CCCC1(CCCCCCCCCCCCC)OCC(C)(C)N1[O-]. The van der Waals surface area contributed by atoms with Crippen LogP contribution in [0.15, 0.2) is 0 Å². The predicted molar refractivity (Wildman–Crippen MR) is 236 cm³/mol. The first-order valence-corrected chi connectivity index (χ1v) is 25.4. The number of unbranched alkanes of at least 4 members (excludes halogenated alkanes) is 22. The molecule has 0 aromatic carbocycles. The number of rotatable bonds is 40. The summed E-state index contributed by atoms with van der Waals surface area (Å²) in [7, 11) is 1.03. The van der Waals surface area contributed by atoms with Crippen LogP contribution in [-0.4, -0.2) is 93.0 Å². The molecule has 0 aliphatic carbocycles. The summed E-state index contributed by atoms with van der Waals surface area (Å²) < 4.78 is 27.9. The molecule has 0 aromatic heterocycles. The van der Waals surface area contributed by atoms with E-state index in [0.29, 0.717) is 43.3 Å². The molecule has 1 radical (unpaired) electrons. The van der Waals surface area contributed by atoms with Gasteiger partial charge in [-0.05, 0) is 46.0 Å². The Morgan fingerprint density at radius 2 is 1.10 bits per heavy atom. The minimum absolute atomic E-state index is 0.0178. The van der Waals surface area contributed by atoms with Crippen molar-refractivity contribution in [1.82, 2.24) is 5.06 Å². The lowest BCUT2D eigenvalue weighted by molar-refractivity contribution is -0.870. The molecule has 349 valence electrons. The summed E-state index contributed by atoms with van der Waals surface area (Å²) in [6.45, 7) is 8.04. The quantitative estimate of drug-likeness (QED) is 0.0252. The Balaban J connectivity index is 2.60. The van der Waals surface area contributed by atoms with E-state index in [-0.39, 0.29) is 26.1 Å². The second-order valence-corrected chi connectivity index (χ2v) is 20.3. The van der Waals surface area contributed by atoms with Crippen molar-refractivity contribution < 1.29 is 47.1 Å². The van der Waals surface area contributed by atoms with Crippen LogP contribution in [-0.2, 0) is 37.7 Å². The van der Waals surface area contributed by atoms with E-state index in [4.69, 9.17) is 23.3 Å². The van der Waals surface area contributed by atoms with Crippen LogP contribution in [0.5, 0.6) is 0 Å². The highest BCUT2D eigenvalue weighted by Gasteiger charge is 2.45. The van der Waals surface area contributed by atoms with Gasteiger partial charge in [-0.3, -0.25) is 9.59 Å². The van der Waals surface area contributed by atoms with Crippen molar-refractivity contribution in [3.8, 4) is 0 Å². The zero-order chi connectivity index (χ0) is 43.9. The summed E-state index contributed by atoms with van der Waals surface area (Å²) in [5.41, 5.74) is -1.68. The van der Waals surface area contributed by atoms with E-state index in [0.717, 1.165) is 43.6 Å². The van der Waals surface area contributed by atoms with E-state index in [1.165, 1.54) is 109 Å². The Morgan fingerprint density at radius 3 is 1.56 bits per heavy atom. The number of nitrogens with zero attached hydrogens (tertiary/aromatic N) is 2. The molecule has 1 aliphatic heterocycles. The van der Waals surface area contributed by atoms with Gasteiger partial charge in [0.2, 0.25) is 0 Å². The van der Waals surface area contributed by atoms with Crippen LogP contribution in [0, 0.1) is 5.21 Å². The average molecular weight is 862 g/mol. The maximum Gasteiger partial charge on any atom is 0.426 e. The summed E-state index contributed by atoms with van der Waals surface area (Å²) in [6, 6.07) is 0. The Bertz CT molecular complexity index is 1060. The van der Waals surface area contributed by atoms with Crippen LogP contribution in [0.1, 0.15) is 214 Å². The van der Waals surface area contributed by atoms with Gasteiger partial charge in [0.25, 0.3) is 0 Å². The lowest BCUT2D eigenvalue weighted by Gasteiger charge is -2.48. The molecule has 1 fully saturated rings. The average Bonchev–Trinajstić information content (AvgIpc) is 3.39. The van der Waals surface area contributed by atoms with Gasteiger partial charge in [-0.1, -0.05) is 155 Å². The molecule has 0 aromatic rings. The third kappa shape index (κ3) is 29.1. The first kappa shape index (κ1) is 56.1. The van der Waals surface area contributed by atoms with Crippen molar-refractivity contribution in [1.29, 1.82) is 0 Å². The number of hydrogen-bond donors (Lipinski definition) is 0. The van der Waals surface area contributed by atoms with Gasteiger partial charge in [-0.15, -0.1) is 0 Å². The van der Waals surface area contributed by atoms with Gasteiger partial charge >= 0.3 is 20.1 Å². The van der Waals surface area contributed by atoms with Crippen LogP contribution in [0.25, 0.3) is 0 Å². The molecule has 1 rings (SSSR count). The highest BCUT2D eigenvalue weighted by atomic mass is 31.2. The number of hydrogen-bond acceptors (Lipinski definition) is 10. The first-order valence-electron chi connectivity index (χ1n) is 23.9. The van der Waals surface area contributed by atoms with Gasteiger partial charge in [0.15, 0.2) is 6.10 Å². The van der Waals surface area contributed by atoms with Crippen LogP contribution >= 0.6 is 8.17 Å². The lowest BCUT2D eigenvalue weighted by atomic mass is 9.95. The Kier molecular flexibility index (Phi) is 31.1. The number of quaternary nitrogens is 1. The predicted octanol–water partition coefficient (Wildman–Crippen LogP) is 11.3. The molecular formula is C46H90N2O10P. The maximum absolute atomic E-state index is 13.5. The smallest absolute Gasteiger partial charge is 0.426 e. The molecule has 12 nitrogen and oxygen atoms in total. The maximum atomic E-state index is 13.5. The zero-order valence-electron chi connectivity index (χ0n) is 39.0. The van der Waals surface area contributed by atoms with Crippen molar-refractivity contribution in [2.45, 2.75) is 231 Å². The van der Waals surface area contributed by atoms with Crippen LogP contribution in [0.3, 0.4) is 0 Å². The molecule has 1 unspecified atom stereocenters. The Hall–Kier alpha value is -0.950. The van der Waals surface area contributed by atoms with Crippen molar-refractivity contribution >= 4 is 20.1 Å². The molecule has 1 saturated heterocycles. The van der Waals surface area contributed by atoms with Gasteiger partial charge in [-0.25, -0.2) is 0 Å². The molecule has 0 bridgehead atoms. The number of hydroxylamine groups is 2. The Labute approximate surface area is 362 Å². The molecule has 0 amide bonds. The van der Waals surface area contributed by atoms with Crippen LogP contribution in [0.2, 0.25) is 0 Å². The van der Waals surface area contributed by atoms with Crippen molar-refractivity contribution in [3.63, 3.8) is 0 Å². The topological polar surface area (TPSA) is 150 Å². The van der Waals surface area contributed by atoms with Crippen molar-refractivity contribution in [3.05, 3.63) is 5.21 Å². The lowest BCUT2D eigenvalue weighted by Crippen LogP contribution is -2.48. The second-order valence-electron chi connectivity index (χ2n) is 18.9. The fraction of sp³-hybridized carbons (Fsp3) is 0.957. The molecule has 59 heavy (non-hydrogen) atoms. The molecular weight excluding hydrogens is 771 g/mol. The summed E-state index contributed by atoms with van der Waals surface area (Å²) in [5.74, 6) is -1.03. The largest absolute Gasteiger partial charge is 0.783 e. The van der Waals surface area contributed by atoms with Gasteiger partial charge in [0.05, 0.1) is 27.7 Å². The molecule has 1 heterocycles. The van der Waals surface area contributed by atoms with Gasteiger partial charge in [0, 0.05) is 23.3 Å². The van der Waals surface area contributed by atoms with E-state index in [1.54, 1.807) is 0 Å². The van der Waals surface area contributed by atoms with E-state index in [1.807, 2.05) is 35.0 Å². The summed E-state index contributed by atoms with van der Waals surface area (Å²) >= 11 is 0. The van der Waals surface area contributed by atoms with Crippen molar-refractivity contribution in [2.75, 3.05) is 54.1 Å². The normalized spacial score (nSPS) is 18.5. The minimum atomic E-state index is -4.71.